The lowest BCUT2D eigenvalue weighted by molar-refractivity contribution is 0.536. The average Bonchev–Trinajstić information content (AvgIpc) is 2.34. The molecule has 0 spiro atoms. The lowest BCUT2D eigenvalue weighted by atomic mass is 10.1. The average molecular weight is 213 g/mol. The highest BCUT2D eigenvalue weighted by molar-refractivity contribution is 5.48. The molecule has 84 valence electrons. The predicted octanol–water partition coefficient (Wildman–Crippen LogP) is 3.09. The Morgan fingerprint density at radius 3 is 2.75 bits per heavy atom. The molecule has 0 radical (unpaired) electrons. The zero-order valence-electron chi connectivity index (χ0n) is 9.82. The van der Waals surface area contributed by atoms with E-state index in [1.165, 1.54) is 5.56 Å². The number of benzene rings is 1. The highest BCUT2D eigenvalue weighted by Crippen LogP contribution is 2.00. The van der Waals surface area contributed by atoms with E-state index in [1.807, 2.05) is 18.2 Å². The minimum atomic E-state index is 0.436. The standard InChI is InChI=1S/C15H19N/c1-3-9-15(4-2)16-13-8-12-14-10-6-5-7-11-14/h1,5-8,10-12,15-16H,4,9,13H2,2H3/b12-8+. The Morgan fingerprint density at radius 1 is 1.38 bits per heavy atom. The second-order valence-electron chi connectivity index (χ2n) is 3.73. The van der Waals surface area contributed by atoms with Gasteiger partial charge in [-0.05, 0) is 12.0 Å². The van der Waals surface area contributed by atoms with Crippen molar-refractivity contribution in [1.29, 1.82) is 0 Å². The molecule has 0 saturated heterocycles. The molecule has 1 nitrogen and oxygen atoms in total. The van der Waals surface area contributed by atoms with Gasteiger partial charge in [-0.15, -0.1) is 12.3 Å². The Bertz CT molecular complexity index is 345. The summed E-state index contributed by atoms with van der Waals surface area (Å²) in [5, 5.41) is 3.41. The van der Waals surface area contributed by atoms with Crippen molar-refractivity contribution in [3.63, 3.8) is 0 Å². The number of hydrogen-bond acceptors (Lipinski definition) is 1. The monoisotopic (exact) mass is 213 g/mol. The fourth-order valence-corrected chi connectivity index (χ4v) is 1.50. The van der Waals surface area contributed by atoms with Gasteiger partial charge < -0.3 is 5.32 Å². The molecule has 0 aliphatic heterocycles. The van der Waals surface area contributed by atoms with Crippen LogP contribution < -0.4 is 5.32 Å². The van der Waals surface area contributed by atoms with E-state index < -0.39 is 0 Å². The van der Waals surface area contributed by atoms with Gasteiger partial charge in [0.2, 0.25) is 0 Å². The molecule has 0 fully saturated rings. The first-order chi connectivity index (χ1) is 7.86. The number of hydrogen-bond donors (Lipinski definition) is 1. The summed E-state index contributed by atoms with van der Waals surface area (Å²) in [6.45, 7) is 3.02. The van der Waals surface area contributed by atoms with E-state index in [0.717, 1.165) is 19.4 Å². The summed E-state index contributed by atoms with van der Waals surface area (Å²) < 4.78 is 0. The highest BCUT2D eigenvalue weighted by Gasteiger charge is 2.00. The molecule has 1 aromatic rings. The third-order valence-electron chi connectivity index (χ3n) is 2.49. The fraction of sp³-hybridized carbons (Fsp3) is 0.333. The van der Waals surface area contributed by atoms with E-state index >= 15 is 0 Å². The Balaban J connectivity index is 2.30. The summed E-state index contributed by atoms with van der Waals surface area (Å²) in [5.41, 5.74) is 1.23. The van der Waals surface area contributed by atoms with Gasteiger partial charge in [-0.2, -0.15) is 0 Å². The van der Waals surface area contributed by atoms with Gasteiger partial charge in [-0.3, -0.25) is 0 Å². The summed E-state index contributed by atoms with van der Waals surface area (Å²) in [5.74, 6) is 2.69. The van der Waals surface area contributed by atoms with Crippen LogP contribution in [0.4, 0.5) is 0 Å². The van der Waals surface area contributed by atoms with E-state index in [-0.39, 0.29) is 0 Å². The van der Waals surface area contributed by atoms with Crippen LogP contribution in [0.15, 0.2) is 36.4 Å². The zero-order chi connectivity index (χ0) is 11.6. The molecule has 0 bridgehead atoms. The third kappa shape index (κ3) is 4.82. The smallest absolute Gasteiger partial charge is 0.0240 e. The van der Waals surface area contributed by atoms with Gasteiger partial charge in [0.15, 0.2) is 0 Å². The van der Waals surface area contributed by atoms with Crippen LogP contribution in [0.2, 0.25) is 0 Å². The number of terminal acetylenes is 1. The topological polar surface area (TPSA) is 12.0 Å². The molecule has 1 heteroatoms. The van der Waals surface area contributed by atoms with E-state index in [1.54, 1.807) is 0 Å². The van der Waals surface area contributed by atoms with E-state index in [2.05, 4.69) is 42.4 Å². The molecule has 1 aromatic carbocycles. The maximum absolute atomic E-state index is 5.29. The van der Waals surface area contributed by atoms with Crippen molar-refractivity contribution >= 4 is 6.08 Å². The van der Waals surface area contributed by atoms with Gasteiger partial charge in [0.1, 0.15) is 0 Å². The molecule has 0 amide bonds. The molecule has 16 heavy (non-hydrogen) atoms. The van der Waals surface area contributed by atoms with Crippen molar-refractivity contribution in [2.24, 2.45) is 0 Å². The Morgan fingerprint density at radius 2 is 2.12 bits per heavy atom. The van der Waals surface area contributed by atoms with Gasteiger partial charge in [0.25, 0.3) is 0 Å². The lowest BCUT2D eigenvalue weighted by Crippen LogP contribution is -2.27. The van der Waals surface area contributed by atoms with E-state index in [4.69, 9.17) is 6.42 Å². The molecule has 1 unspecified atom stereocenters. The minimum absolute atomic E-state index is 0.436. The van der Waals surface area contributed by atoms with Crippen molar-refractivity contribution in [3.05, 3.63) is 42.0 Å². The zero-order valence-corrected chi connectivity index (χ0v) is 9.82. The van der Waals surface area contributed by atoms with Crippen LogP contribution in [0.3, 0.4) is 0 Å². The lowest BCUT2D eigenvalue weighted by Gasteiger charge is -2.11. The van der Waals surface area contributed by atoms with Crippen LogP contribution in [-0.4, -0.2) is 12.6 Å². The normalized spacial score (nSPS) is 12.5. The van der Waals surface area contributed by atoms with Gasteiger partial charge in [-0.1, -0.05) is 49.4 Å². The quantitative estimate of drug-likeness (QED) is 0.716. The van der Waals surface area contributed by atoms with Crippen LogP contribution in [0.5, 0.6) is 0 Å². The van der Waals surface area contributed by atoms with Crippen LogP contribution in [0, 0.1) is 12.3 Å². The second kappa shape index (κ2) is 7.73. The number of rotatable bonds is 6. The Hall–Kier alpha value is -1.52. The molecule has 0 aromatic heterocycles. The molecule has 0 aliphatic rings. The molecule has 0 heterocycles. The molecule has 1 atom stereocenters. The van der Waals surface area contributed by atoms with E-state index in [0.29, 0.717) is 6.04 Å². The first kappa shape index (κ1) is 12.5. The van der Waals surface area contributed by atoms with Crippen molar-refractivity contribution in [3.8, 4) is 12.3 Å². The SMILES string of the molecule is C#CCC(CC)NC/C=C/c1ccccc1. The van der Waals surface area contributed by atoms with Crippen LogP contribution >= 0.6 is 0 Å². The summed E-state index contributed by atoms with van der Waals surface area (Å²) in [6.07, 6.45) is 11.4. The number of nitrogens with one attached hydrogen (secondary N) is 1. The van der Waals surface area contributed by atoms with Crippen LogP contribution in [-0.2, 0) is 0 Å². The fourth-order valence-electron chi connectivity index (χ4n) is 1.50. The van der Waals surface area contributed by atoms with Crippen molar-refractivity contribution < 1.29 is 0 Å². The molecular formula is C15H19N. The predicted molar refractivity (Wildman–Crippen MR) is 71.0 cm³/mol. The minimum Gasteiger partial charge on any atom is -0.310 e. The summed E-state index contributed by atoms with van der Waals surface area (Å²) >= 11 is 0. The largest absolute Gasteiger partial charge is 0.310 e. The van der Waals surface area contributed by atoms with Crippen LogP contribution in [0.25, 0.3) is 6.08 Å². The maximum Gasteiger partial charge on any atom is 0.0240 e. The first-order valence-corrected chi connectivity index (χ1v) is 5.75. The van der Waals surface area contributed by atoms with Gasteiger partial charge >= 0.3 is 0 Å². The molecule has 1 N–H and O–H groups in total. The molecular weight excluding hydrogens is 194 g/mol. The van der Waals surface area contributed by atoms with E-state index in [9.17, 15) is 0 Å². The van der Waals surface area contributed by atoms with Gasteiger partial charge in [0, 0.05) is 19.0 Å². The van der Waals surface area contributed by atoms with Crippen molar-refractivity contribution in [2.45, 2.75) is 25.8 Å². The Labute approximate surface area is 98.6 Å². The Kier molecular flexibility index (Phi) is 6.06. The highest BCUT2D eigenvalue weighted by atomic mass is 14.9. The second-order valence-corrected chi connectivity index (χ2v) is 3.73. The molecule has 0 saturated carbocycles. The van der Waals surface area contributed by atoms with Gasteiger partial charge in [0.05, 0.1) is 0 Å². The molecule has 1 rings (SSSR count). The van der Waals surface area contributed by atoms with Gasteiger partial charge in [-0.25, -0.2) is 0 Å². The maximum atomic E-state index is 5.29. The van der Waals surface area contributed by atoms with Crippen molar-refractivity contribution in [1.82, 2.24) is 5.32 Å². The summed E-state index contributed by atoms with van der Waals surface area (Å²) in [4.78, 5) is 0. The molecule has 0 aliphatic carbocycles. The summed E-state index contributed by atoms with van der Waals surface area (Å²) in [7, 11) is 0. The first-order valence-electron chi connectivity index (χ1n) is 5.75. The van der Waals surface area contributed by atoms with Crippen molar-refractivity contribution in [2.75, 3.05) is 6.54 Å². The third-order valence-corrected chi connectivity index (χ3v) is 2.49. The van der Waals surface area contributed by atoms with Crippen LogP contribution in [0.1, 0.15) is 25.3 Å². The summed E-state index contributed by atoms with van der Waals surface area (Å²) in [6, 6.07) is 10.7.